The number of nitrogens with zero attached hydrogens (tertiary/aromatic N) is 1. The second-order valence-electron chi connectivity index (χ2n) is 2.72. The molecule has 78 valence electrons. The summed E-state index contributed by atoms with van der Waals surface area (Å²) in [5.74, 6) is 0. The Kier molecular flexibility index (Phi) is 4.34. The van der Waals surface area contributed by atoms with Gasteiger partial charge in [-0.2, -0.15) is 0 Å². The number of thiazole rings is 1. The van der Waals surface area contributed by atoms with Crippen molar-refractivity contribution in [2.24, 2.45) is 0 Å². The molecule has 3 N–H and O–H groups in total. The van der Waals surface area contributed by atoms with Gasteiger partial charge in [0.25, 0.3) is 0 Å². The van der Waals surface area contributed by atoms with Crippen molar-refractivity contribution in [3.05, 3.63) is 11.6 Å². The van der Waals surface area contributed by atoms with Crippen LogP contribution in [-0.2, 0) is 0 Å². The molecular formula is C8H13N3O2S. The lowest BCUT2D eigenvalue weighted by molar-refractivity contribution is 0.222. The average Bonchev–Trinajstić information content (AvgIpc) is 2.66. The number of carbonyl (C=O) groups excluding carboxylic acids is 1. The summed E-state index contributed by atoms with van der Waals surface area (Å²) < 4.78 is 0. The van der Waals surface area contributed by atoms with Crippen molar-refractivity contribution < 1.29 is 9.90 Å². The van der Waals surface area contributed by atoms with Gasteiger partial charge in [-0.05, 0) is 6.42 Å². The van der Waals surface area contributed by atoms with E-state index >= 15 is 0 Å². The van der Waals surface area contributed by atoms with Gasteiger partial charge in [0.1, 0.15) is 0 Å². The van der Waals surface area contributed by atoms with E-state index in [0.717, 1.165) is 0 Å². The van der Waals surface area contributed by atoms with Gasteiger partial charge < -0.3 is 10.4 Å². The number of aliphatic hydroxyl groups is 1. The first-order valence-corrected chi connectivity index (χ1v) is 5.22. The molecule has 0 spiro atoms. The van der Waals surface area contributed by atoms with E-state index in [9.17, 15) is 4.79 Å². The number of amides is 2. The number of urea groups is 1. The zero-order valence-electron chi connectivity index (χ0n) is 7.86. The average molecular weight is 215 g/mol. The minimum atomic E-state index is -0.333. The van der Waals surface area contributed by atoms with Crippen LogP contribution >= 0.6 is 11.3 Å². The maximum absolute atomic E-state index is 11.3. The van der Waals surface area contributed by atoms with Gasteiger partial charge >= 0.3 is 6.03 Å². The molecule has 0 fully saturated rings. The fourth-order valence-electron chi connectivity index (χ4n) is 0.881. The maximum Gasteiger partial charge on any atom is 0.321 e. The van der Waals surface area contributed by atoms with E-state index in [0.29, 0.717) is 11.6 Å². The Morgan fingerprint density at radius 1 is 1.79 bits per heavy atom. The summed E-state index contributed by atoms with van der Waals surface area (Å²) in [5.41, 5.74) is 0. The van der Waals surface area contributed by atoms with Gasteiger partial charge in [0.15, 0.2) is 5.13 Å². The van der Waals surface area contributed by atoms with Gasteiger partial charge in [0.05, 0.1) is 12.6 Å². The van der Waals surface area contributed by atoms with Crippen molar-refractivity contribution in [1.29, 1.82) is 0 Å². The molecule has 0 aliphatic heterocycles. The van der Waals surface area contributed by atoms with Crippen molar-refractivity contribution in [2.75, 3.05) is 11.9 Å². The lowest BCUT2D eigenvalue weighted by atomic mass is 10.2. The first-order chi connectivity index (χ1) is 6.76. The molecule has 1 heterocycles. The van der Waals surface area contributed by atoms with Crippen molar-refractivity contribution in [3.63, 3.8) is 0 Å². The van der Waals surface area contributed by atoms with E-state index in [4.69, 9.17) is 5.11 Å². The number of hydrogen-bond acceptors (Lipinski definition) is 4. The van der Waals surface area contributed by atoms with Gasteiger partial charge in [-0.1, -0.05) is 6.92 Å². The summed E-state index contributed by atoms with van der Waals surface area (Å²) >= 11 is 1.35. The lowest BCUT2D eigenvalue weighted by Crippen LogP contribution is -2.39. The van der Waals surface area contributed by atoms with Crippen molar-refractivity contribution >= 4 is 22.5 Å². The summed E-state index contributed by atoms with van der Waals surface area (Å²) in [6.45, 7) is 1.84. The molecule has 1 atom stereocenters. The van der Waals surface area contributed by atoms with Crippen LogP contribution in [0.5, 0.6) is 0 Å². The van der Waals surface area contributed by atoms with Crippen molar-refractivity contribution in [2.45, 2.75) is 19.4 Å². The Labute approximate surface area is 86.2 Å². The Morgan fingerprint density at radius 2 is 2.57 bits per heavy atom. The summed E-state index contributed by atoms with van der Waals surface area (Å²) in [4.78, 5) is 15.2. The number of carbonyl (C=O) groups is 1. The molecule has 0 aliphatic carbocycles. The third kappa shape index (κ3) is 3.31. The van der Waals surface area contributed by atoms with Gasteiger partial charge in [-0.3, -0.25) is 5.32 Å². The SMILES string of the molecule is CCC(CO)NC(=O)Nc1nccs1. The second kappa shape index (κ2) is 5.56. The molecule has 2 amide bonds. The first kappa shape index (κ1) is 10.9. The van der Waals surface area contributed by atoms with E-state index in [1.807, 2.05) is 6.92 Å². The summed E-state index contributed by atoms with van der Waals surface area (Å²) in [7, 11) is 0. The second-order valence-corrected chi connectivity index (χ2v) is 3.62. The third-order valence-corrected chi connectivity index (χ3v) is 2.39. The molecule has 1 rings (SSSR count). The predicted octanol–water partition coefficient (Wildman–Crippen LogP) is 1.04. The van der Waals surface area contributed by atoms with Gasteiger partial charge in [-0.15, -0.1) is 11.3 Å². The van der Waals surface area contributed by atoms with Crippen molar-refractivity contribution in [3.8, 4) is 0 Å². The van der Waals surface area contributed by atoms with Crippen molar-refractivity contribution in [1.82, 2.24) is 10.3 Å². The molecule has 0 saturated heterocycles. The third-order valence-electron chi connectivity index (χ3n) is 1.70. The van der Waals surface area contributed by atoms with Crippen LogP contribution in [0.25, 0.3) is 0 Å². The highest BCUT2D eigenvalue weighted by atomic mass is 32.1. The summed E-state index contributed by atoms with van der Waals surface area (Å²) in [6.07, 6.45) is 2.31. The number of rotatable bonds is 4. The van der Waals surface area contributed by atoms with Gasteiger partial charge in [0.2, 0.25) is 0 Å². The van der Waals surface area contributed by atoms with E-state index in [-0.39, 0.29) is 18.7 Å². The Morgan fingerprint density at radius 3 is 3.07 bits per heavy atom. The highest BCUT2D eigenvalue weighted by Gasteiger charge is 2.09. The molecule has 14 heavy (non-hydrogen) atoms. The molecule has 0 aliphatic rings. The quantitative estimate of drug-likeness (QED) is 0.702. The molecule has 5 nitrogen and oxygen atoms in total. The molecule has 0 radical (unpaired) electrons. The summed E-state index contributed by atoms with van der Waals surface area (Å²) in [5, 5.41) is 16.4. The molecule has 0 bridgehead atoms. The molecule has 1 unspecified atom stereocenters. The molecule has 0 aromatic carbocycles. The highest BCUT2D eigenvalue weighted by molar-refractivity contribution is 7.13. The Bertz CT molecular complexity index is 272. The molecule has 0 saturated carbocycles. The zero-order chi connectivity index (χ0) is 10.4. The summed E-state index contributed by atoms with van der Waals surface area (Å²) in [6, 6.07) is -0.532. The van der Waals surface area contributed by atoms with Crippen LogP contribution in [0, 0.1) is 0 Å². The number of aliphatic hydroxyl groups excluding tert-OH is 1. The molecule has 1 aromatic rings. The highest BCUT2D eigenvalue weighted by Crippen LogP contribution is 2.09. The monoisotopic (exact) mass is 215 g/mol. The van der Waals surface area contributed by atoms with Gasteiger partial charge in [-0.25, -0.2) is 9.78 Å². The fourth-order valence-corrected chi connectivity index (χ4v) is 1.40. The Hall–Kier alpha value is -1.14. The maximum atomic E-state index is 11.3. The topological polar surface area (TPSA) is 74.2 Å². The van der Waals surface area contributed by atoms with Crippen LogP contribution in [0.1, 0.15) is 13.3 Å². The van der Waals surface area contributed by atoms with Crippen LogP contribution in [-0.4, -0.2) is 28.8 Å². The van der Waals surface area contributed by atoms with Crippen LogP contribution in [0.2, 0.25) is 0 Å². The van der Waals surface area contributed by atoms with E-state index in [1.165, 1.54) is 11.3 Å². The standard InChI is InChI=1S/C8H13N3O2S/c1-2-6(5-12)10-7(13)11-8-9-3-4-14-8/h3-4,6,12H,2,5H2,1H3,(H2,9,10,11,13). The molecular weight excluding hydrogens is 202 g/mol. The number of nitrogens with one attached hydrogen (secondary N) is 2. The largest absolute Gasteiger partial charge is 0.394 e. The van der Waals surface area contributed by atoms with Crippen LogP contribution in [0.3, 0.4) is 0 Å². The van der Waals surface area contributed by atoms with Crippen LogP contribution in [0.4, 0.5) is 9.93 Å². The minimum Gasteiger partial charge on any atom is -0.394 e. The van der Waals surface area contributed by atoms with E-state index < -0.39 is 0 Å². The number of aromatic nitrogens is 1. The molecule has 6 heteroatoms. The predicted molar refractivity (Wildman–Crippen MR) is 55.4 cm³/mol. The number of hydrogen-bond donors (Lipinski definition) is 3. The lowest BCUT2D eigenvalue weighted by Gasteiger charge is -2.13. The smallest absolute Gasteiger partial charge is 0.321 e. The Balaban J connectivity index is 2.35. The van der Waals surface area contributed by atoms with Crippen LogP contribution < -0.4 is 10.6 Å². The fraction of sp³-hybridized carbons (Fsp3) is 0.500. The normalized spacial score (nSPS) is 12.1. The van der Waals surface area contributed by atoms with Crippen LogP contribution in [0.15, 0.2) is 11.6 Å². The van der Waals surface area contributed by atoms with E-state index in [1.54, 1.807) is 11.6 Å². The van der Waals surface area contributed by atoms with Gasteiger partial charge in [0, 0.05) is 11.6 Å². The van der Waals surface area contributed by atoms with E-state index in [2.05, 4.69) is 15.6 Å². The first-order valence-electron chi connectivity index (χ1n) is 4.34. The number of anilines is 1. The molecule has 1 aromatic heterocycles. The minimum absolute atomic E-state index is 0.0538. The zero-order valence-corrected chi connectivity index (χ0v) is 8.67.